The van der Waals surface area contributed by atoms with Crippen molar-refractivity contribution in [2.45, 2.75) is 38.6 Å². The van der Waals surface area contributed by atoms with Gasteiger partial charge >= 0.3 is 0 Å². The van der Waals surface area contributed by atoms with Gasteiger partial charge in [0.25, 0.3) is 11.7 Å². The number of ketones is 1. The van der Waals surface area contributed by atoms with E-state index in [0.717, 1.165) is 37.3 Å². The average molecular weight is 466 g/mol. The van der Waals surface area contributed by atoms with Crippen LogP contribution in [0.1, 0.15) is 47.1 Å². The Hall–Kier alpha value is -3.38. The van der Waals surface area contributed by atoms with E-state index in [1.54, 1.807) is 25.1 Å². The molecular weight excluding hydrogens is 445 g/mol. The lowest BCUT2D eigenvalue weighted by atomic mass is 9.89. The number of rotatable bonds is 3. The summed E-state index contributed by atoms with van der Waals surface area (Å²) in [6, 6.07) is 11.8. The van der Waals surface area contributed by atoms with E-state index in [-0.39, 0.29) is 22.0 Å². The lowest BCUT2D eigenvalue weighted by molar-refractivity contribution is -0.132. The maximum absolute atomic E-state index is 13.8. The fourth-order valence-corrected chi connectivity index (χ4v) is 4.81. The highest BCUT2D eigenvalue weighted by atomic mass is 35.5. The Morgan fingerprint density at radius 2 is 1.82 bits per heavy atom. The first-order chi connectivity index (χ1) is 15.8. The molecule has 1 saturated heterocycles. The van der Waals surface area contributed by atoms with Crippen molar-refractivity contribution in [1.29, 1.82) is 0 Å². The zero-order chi connectivity index (χ0) is 23.3. The van der Waals surface area contributed by atoms with Crippen molar-refractivity contribution in [2.24, 2.45) is 0 Å². The summed E-state index contributed by atoms with van der Waals surface area (Å²) in [5, 5.41) is 11.1. The van der Waals surface area contributed by atoms with Crippen LogP contribution in [0.3, 0.4) is 0 Å². The molecule has 0 bridgehead atoms. The van der Waals surface area contributed by atoms with Crippen LogP contribution in [0.5, 0.6) is 0 Å². The minimum Gasteiger partial charge on any atom is -0.507 e. The number of Topliss-reactive ketones (excluding diaryl/α,β-unsaturated/α-hetero) is 1. The molecule has 168 valence electrons. The van der Waals surface area contributed by atoms with Crippen molar-refractivity contribution in [3.8, 4) is 0 Å². The summed E-state index contributed by atoms with van der Waals surface area (Å²) in [6.45, 7) is 1.74. The molecule has 1 fully saturated rings. The van der Waals surface area contributed by atoms with Gasteiger partial charge in [-0.05, 0) is 80.1 Å². The summed E-state index contributed by atoms with van der Waals surface area (Å²) < 4.78 is 19.6. The molecule has 5 nitrogen and oxygen atoms in total. The monoisotopic (exact) mass is 465 g/mol. The number of hydrogen-bond acceptors (Lipinski definition) is 4. The highest BCUT2D eigenvalue weighted by Crippen LogP contribution is 2.43. The lowest BCUT2D eigenvalue weighted by Gasteiger charge is -2.24. The number of carbonyl (C=O) groups excluding carboxylic acids is 2. The van der Waals surface area contributed by atoms with Gasteiger partial charge < -0.3 is 9.52 Å². The first kappa shape index (κ1) is 21.5. The van der Waals surface area contributed by atoms with Gasteiger partial charge in [0, 0.05) is 11.3 Å². The number of nitrogens with zero attached hydrogens (tertiary/aromatic N) is 1. The molecule has 7 heteroatoms. The average Bonchev–Trinajstić information content (AvgIpc) is 3.35. The van der Waals surface area contributed by atoms with E-state index in [2.05, 4.69) is 0 Å². The molecule has 1 aromatic heterocycles. The zero-order valence-corrected chi connectivity index (χ0v) is 18.7. The molecule has 0 radical (unpaired) electrons. The smallest absolute Gasteiger partial charge is 0.300 e. The van der Waals surface area contributed by atoms with E-state index >= 15 is 0 Å². The molecule has 0 spiro atoms. The molecule has 1 aliphatic carbocycles. The second-order valence-electron chi connectivity index (χ2n) is 8.41. The molecule has 2 aliphatic rings. The van der Waals surface area contributed by atoms with Crippen LogP contribution < -0.4 is 4.90 Å². The largest absolute Gasteiger partial charge is 0.507 e. The lowest BCUT2D eigenvalue weighted by Crippen LogP contribution is -2.29. The number of anilines is 1. The SMILES string of the molecule is Cc1ccc(C2/C(=C(/O)c3ccc4c(c3)CCCC4)C(=O)C(=O)N2c2ccc(F)c(Cl)c2)o1. The quantitative estimate of drug-likeness (QED) is 0.297. The Morgan fingerprint density at radius 3 is 2.52 bits per heavy atom. The van der Waals surface area contributed by atoms with Crippen LogP contribution in [0.25, 0.3) is 5.76 Å². The predicted molar refractivity (Wildman–Crippen MR) is 123 cm³/mol. The summed E-state index contributed by atoms with van der Waals surface area (Å²) in [6.07, 6.45) is 4.08. The number of benzene rings is 2. The van der Waals surface area contributed by atoms with Gasteiger partial charge in [-0.1, -0.05) is 23.7 Å². The first-order valence-electron chi connectivity index (χ1n) is 10.8. The number of carbonyl (C=O) groups is 2. The standard InChI is InChI=1S/C26H21ClFNO4/c1-14-6-11-21(33-14)23-22(24(30)17-8-7-15-4-2-3-5-16(15)12-17)25(31)26(32)29(23)18-9-10-20(28)19(27)13-18/h6-13,23,30H,2-5H2,1H3/b24-22-. The van der Waals surface area contributed by atoms with Crippen molar-refractivity contribution in [3.05, 3.63) is 93.2 Å². The third-order valence-electron chi connectivity index (χ3n) is 6.28. The van der Waals surface area contributed by atoms with Gasteiger partial charge in [0.15, 0.2) is 0 Å². The van der Waals surface area contributed by atoms with Crippen molar-refractivity contribution in [1.82, 2.24) is 0 Å². The van der Waals surface area contributed by atoms with Crippen LogP contribution in [0, 0.1) is 12.7 Å². The number of aryl methyl sites for hydroxylation is 3. The number of amides is 1. The van der Waals surface area contributed by atoms with E-state index in [4.69, 9.17) is 16.0 Å². The van der Waals surface area contributed by atoms with Gasteiger partial charge in [0.1, 0.15) is 29.1 Å². The van der Waals surface area contributed by atoms with Gasteiger partial charge in [-0.2, -0.15) is 0 Å². The van der Waals surface area contributed by atoms with Gasteiger partial charge in [-0.25, -0.2) is 4.39 Å². The van der Waals surface area contributed by atoms with Crippen LogP contribution in [0.4, 0.5) is 10.1 Å². The molecule has 1 N–H and O–H groups in total. The summed E-state index contributed by atoms with van der Waals surface area (Å²) in [7, 11) is 0. The molecule has 3 aromatic rings. The normalized spacial score (nSPS) is 19.7. The minimum atomic E-state index is -1.02. The second kappa shape index (κ2) is 8.19. The topological polar surface area (TPSA) is 70.8 Å². The highest BCUT2D eigenvalue weighted by molar-refractivity contribution is 6.51. The first-order valence-corrected chi connectivity index (χ1v) is 11.2. The molecule has 2 aromatic carbocycles. The Bertz CT molecular complexity index is 1330. The molecule has 33 heavy (non-hydrogen) atoms. The number of hydrogen-bond donors (Lipinski definition) is 1. The minimum absolute atomic E-state index is 0.0782. The van der Waals surface area contributed by atoms with Crippen molar-refractivity contribution in [2.75, 3.05) is 4.90 Å². The fourth-order valence-electron chi connectivity index (χ4n) is 4.64. The van der Waals surface area contributed by atoms with Crippen molar-refractivity contribution in [3.63, 3.8) is 0 Å². The van der Waals surface area contributed by atoms with E-state index in [0.29, 0.717) is 17.1 Å². The summed E-state index contributed by atoms with van der Waals surface area (Å²) in [5.41, 5.74) is 2.99. The van der Waals surface area contributed by atoms with Crippen molar-refractivity contribution >= 4 is 34.7 Å². The molecule has 5 rings (SSSR count). The van der Waals surface area contributed by atoms with Crippen molar-refractivity contribution < 1.29 is 23.5 Å². The van der Waals surface area contributed by atoms with E-state index < -0.39 is 23.5 Å². The summed E-state index contributed by atoms with van der Waals surface area (Å²) in [4.78, 5) is 27.5. The Morgan fingerprint density at radius 1 is 1.06 bits per heavy atom. The van der Waals surface area contributed by atoms with Crippen LogP contribution in [-0.2, 0) is 22.4 Å². The van der Waals surface area contributed by atoms with Crippen LogP contribution in [0.2, 0.25) is 5.02 Å². The van der Waals surface area contributed by atoms with E-state index in [1.807, 2.05) is 12.1 Å². The Kier molecular flexibility index (Phi) is 5.33. The van der Waals surface area contributed by atoms with Crippen LogP contribution in [-0.4, -0.2) is 16.8 Å². The molecule has 1 aliphatic heterocycles. The number of aliphatic hydroxyl groups excluding tert-OH is 1. The second-order valence-corrected chi connectivity index (χ2v) is 8.81. The Balaban J connectivity index is 1.69. The van der Waals surface area contributed by atoms with E-state index in [1.165, 1.54) is 22.6 Å². The molecule has 1 unspecified atom stereocenters. The molecule has 1 amide bonds. The summed E-state index contributed by atoms with van der Waals surface area (Å²) in [5.74, 6) is -1.71. The van der Waals surface area contributed by atoms with Crippen LogP contribution in [0.15, 0.2) is 58.5 Å². The number of halogens is 2. The van der Waals surface area contributed by atoms with Gasteiger partial charge in [-0.15, -0.1) is 0 Å². The van der Waals surface area contributed by atoms with Gasteiger partial charge in [0.05, 0.1) is 10.6 Å². The zero-order valence-electron chi connectivity index (χ0n) is 17.9. The number of aliphatic hydroxyl groups is 1. The van der Waals surface area contributed by atoms with Gasteiger partial charge in [-0.3, -0.25) is 14.5 Å². The maximum atomic E-state index is 13.8. The highest BCUT2D eigenvalue weighted by Gasteiger charge is 2.48. The molecular formula is C26H21ClFNO4. The Labute approximate surface area is 195 Å². The third kappa shape index (κ3) is 3.64. The van der Waals surface area contributed by atoms with E-state index in [9.17, 15) is 19.1 Å². The van der Waals surface area contributed by atoms with Crippen LogP contribution >= 0.6 is 11.6 Å². The predicted octanol–water partition coefficient (Wildman–Crippen LogP) is 5.89. The third-order valence-corrected chi connectivity index (χ3v) is 6.57. The van der Waals surface area contributed by atoms with Gasteiger partial charge in [0.2, 0.25) is 0 Å². The molecule has 2 heterocycles. The molecule has 1 atom stereocenters. The number of furan rings is 1. The maximum Gasteiger partial charge on any atom is 0.300 e. The fraction of sp³-hybridized carbons (Fsp3) is 0.231. The number of fused-ring (bicyclic) bond motifs is 1. The molecule has 0 saturated carbocycles. The summed E-state index contributed by atoms with van der Waals surface area (Å²) >= 11 is 5.95.